The van der Waals surface area contributed by atoms with E-state index < -0.39 is 5.41 Å². The normalized spacial score (nSPS) is 22.5. The number of rotatable bonds is 4. The van der Waals surface area contributed by atoms with Crippen LogP contribution in [0.5, 0.6) is 0 Å². The smallest absolute Gasteiger partial charge is 0.133 e. The lowest BCUT2D eigenvalue weighted by molar-refractivity contribution is -0.128. The minimum Gasteiger partial charge on any atom is -0.302 e. The molecule has 0 aromatic rings. The van der Waals surface area contributed by atoms with Crippen molar-refractivity contribution in [3.8, 4) is 0 Å². The predicted molar refractivity (Wildman–Crippen MR) is 51.4 cm³/mol. The van der Waals surface area contributed by atoms with Crippen molar-refractivity contribution in [3.05, 3.63) is 0 Å². The molecule has 1 fully saturated rings. The molecule has 0 unspecified atom stereocenters. The SMILES string of the molecule is CCCC1CCC(C=O)(C=O)CC1. The Balaban J connectivity index is 2.45. The van der Waals surface area contributed by atoms with Crippen LogP contribution >= 0.6 is 0 Å². The van der Waals surface area contributed by atoms with E-state index in [1.54, 1.807) is 0 Å². The first-order valence-corrected chi connectivity index (χ1v) is 5.19. The molecule has 0 aromatic carbocycles. The average Bonchev–Trinajstić information content (AvgIpc) is 2.20. The van der Waals surface area contributed by atoms with E-state index in [-0.39, 0.29) is 0 Å². The summed E-state index contributed by atoms with van der Waals surface area (Å²) in [5, 5.41) is 0. The van der Waals surface area contributed by atoms with Gasteiger partial charge in [-0.2, -0.15) is 0 Å². The van der Waals surface area contributed by atoms with E-state index in [1.165, 1.54) is 12.8 Å². The molecule has 0 saturated heterocycles. The van der Waals surface area contributed by atoms with Gasteiger partial charge in [0, 0.05) is 0 Å². The van der Waals surface area contributed by atoms with Crippen LogP contribution in [0.1, 0.15) is 45.4 Å². The Labute approximate surface area is 79.7 Å². The molecule has 1 aliphatic rings. The first kappa shape index (κ1) is 10.4. The van der Waals surface area contributed by atoms with Crippen LogP contribution in [0.3, 0.4) is 0 Å². The van der Waals surface area contributed by atoms with E-state index in [1.807, 2.05) is 0 Å². The Morgan fingerprint density at radius 2 is 1.77 bits per heavy atom. The van der Waals surface area contributed by atoms with Gasteiger partial charge in [0.25, 0.3) is 0 Å². The predicted octanol–water partition coefficient (Wildman–Crippen LogP) is 2.36. The summed E-state index contributed by atoms with van der Waals surface area (Å²) in [6.45, 7) is 2.18. The van der Waals surface area contributed by atoms with Gasteiger partial charge in [0.2, 0.25) is 0 Å². The van der Waals surface area contributed by atoms with Crippen LogP contribution in [0, 0.1) is 11.3 Å². The summed E-state index contributed by atoms with van der Waals surface area (Å²) < 4.78 is 0. The third-order valence-corrected chi connectivity index (χ3v) is 3.20. The van der Waals surface area contributed by atoms with E-state index in [2.05, 4.69) is 6.92 Å². The molecule has 0 heterocycles. The van der Waals surface area contributed by atoms with Gasteiger partial charge in [0.15, 0.2) is 0 Å². The lowest BCUT2D eigenvalue weighted by Gasteiger charge is -2.31. The molecule has 0 aliphatic heterocycles. The monoisotopic (exact) mass is 182 g/mol. The van der Waals surface area contributed by atoms with E-state index in [9.17, 15) is 9.59 Å². The summed E-state index contributed by atoms with van der Waals surface area (Å²) in [5.74, 6) is 0.748. The average molecular weight is 182 g/mol. The quantitative estimate of drug-likeness (QED) is 0.494. The summed E-state index contributed by atoms with van der Waals surface area (Å²) in [6.07, 6.45) is 7.78. The molecule has 0 atom stereocenters. The molecule has 1 rings (SSSR count). The molecule has 0 aromatic heterocycles. The van der Waals surface area contributed by atoms with E-state index in [0.29, 0.717) is 0 Å². The summed E-state index contributed by atoms with van der Waals surface area (Å²) in [5.41, 5.74) is -0.621. The first-order valence-electron chi connectivity index (χ1n) is 5.19. The molecule has 2 nitrogen and oxygen atoms in total. The van der Waals surface area contributed by atoms with Gasteiger partial charge in [-0.15, -0.1) is 0 Å². The maximum atomic E-state index is 10.7. The Hall–Kier alpha value is -0.660. The number of aldehydes is 2. The first-order chi connectivity index (χ1) is 6.26. The number of hydrogen-bond acceptors (Lipinski definition) is 2. The van der Waals surface area contributed by atoms with Gasteiger partial charge in [0.05, 0.1) is 5.41 Å². The molecular weight excluding hydrogens is 164 g/mol. The molecular formula is C11H18O2. The Bertz CT molecular complexity index is 169. The van der Waals surface area contributed by atoms with Crippen LogP contribution in [0.15, 0.2) is 0 Å². The van der Waals surface area contributed by atoms with Crippen molar-refractivity contribution in [2.75, 3.05) is 0 Å². The zero-order chi connectivity index (χ0) is 9.73. The topological polar surface area (TPSA) is 34.1 Å². The van der Waals surface area contributed by atoms with E-state index in [4.69, 9.17) is 0 Å². The molecule has 2 heteroatoms. The van der Waals surface area contributed by atoms with Crippen molar-refractivity contribution < 1.29 is 9.59 Å². The van der Waals surface area contributed by atoms with Gasteiger partial charge in [-0.05, 0) is 31.6 Å². The van der Waals surface area contributed by atoms with Crippen LogP contribution in [0.2, 0.25) is 0 Å². The minimum absolute atomic E-state index is 0.621. The van der Waals surface area contributed by atoms with Crippen LogP contribution in [-0.4, -0.2) is 12.6 Å². The second kappa shape index (κ2) is 4.54. The van der Waals surface area contributed by atoms with Crippen molar-refractivity contribution in [2.45, 2.75) is 45.4 Å². The molecule has 0 radical (unpaired) electrons. The second-order valence-corrected chi connectivity index (χ2v) is 4.20. The van der Waals surface area contributed by atoms with Crippen molar-refractivity contribution >= 4 is 12.6 Å². The molecule has 1 aliphatic carbocycles. The zero-order valence-electron chi connectivity index (χ0n) is 8.29. The van der Waals surface area contributed by atoms with Crippen molar-refractivity contribution in [3.63, 3.8) is 0 Å². The Kier molecular flexibility index (Phi) is 3.64. The number of carbonyl (C=O) groups is 2. The molecule has 0 spiro atoms. The van der Waals surface area contributed by atoms with Gasteiger partial charge >= 0.3 is 0 Å². The van der Waals surface area contributed by atoms with Crippen LogP contribution in [-0.2, 0) is 9.59 Å². The summed E-state index contributed by atoms with van der Waals surface area (Å²) in [7, 11) is 0. The standard InChI is InChI=1S/C11H18O2/c1-2-3-10-4-6-11(8-12,9-13)7-5-10/h8-10H,2-7H2,1H3. The highest BCUT2D eigenvalue weighted by Crippen LogP contribution is 2.37. The molecule has 13 heavy (non-hydrogen) atoms. The Morgan fingerprint density at radius 3 is 2.15 bits per heavy atom. The number of hydrogen-bond donors (Lipinski definition) is 0. The molecule has 1 saturated carbocycles. The van der Waals surface area contributed by atoms with Crippen LogP contribution < -0.4 is 0 Å². The summed E-state index contributed by atoms with van der Waals surface area (Å²) >= 11 is 0. The Morgan fingerprint density at radius 1 is 1.23 bits per heavy atom. The highest BCUT2D eigenvalue weighted by molar-refractivity contribution is 5.83. The van der Waals surface area contributed by atoms with Gasteiger partial charge in [0.1, 0.15) is 12.6 Å². The maximum Gasteiger partial charge on any atom is 0.133 e. The van der Waals surface area contributed by atoms with Gasteiger partial charge < -0.3 is 9.59 Å². The van der Waals surface area contributed by atoms with Gasteiger partial charge in [-0.25, -0.2) is 0 Å². The lowest BCUT2D eigenvalue weighted by Crippen LogP contribution is -2.30. The highest BCUT2D eigenvalue weighted by Gasteiger charge is 2.34. The molecule has 0 N–H and O–H groups in total. The minimum atomic E-state index is -0.621. The zero-order valence-corrected chi connectivity index (χ0v) is 8.29. The van der Waals surface area contributed by atoms with Crippen molar-refractivity contribution in [2.24, 2.45) is 11.3 Å². The third-order valence-electron chi connectivity index (χ3n) is 3.20. The summed E-state index contributed by atoms with van der Waals surface area (Å²) in [4.78, 5) is 21.5. The van der Waals surface area contributed by atoms with Gasteiger partial charge in [-0.1, -0.05) is 19.8 Å². The highest BCUT2D eigenvalue weighted by atomic mass is 16.1. The largest absolute Gasteiger partial charge is 0.302 e. The number of carbonyl (C=O) groups excluding carboxylic acids is 2. The van der Waals surface area contributed by atoms with Crippen molar-refractivity contribution in [1.29, 1.82) is 0 Å². The van der Waals surface area contributed by atoms with E-state index >= 15 is 0 Å². The third kappa shape index (κ3) is 2.39. The fraction of sp³-hybridized carbons (Fsp3) is 0.818. The fourth-order valence-electron chi connectivity index (χ4n) is 2.18. The molecule has 0 bridgehead atoms. The van der Waals surface area contributed by atoms with Crippen LogP contribution in [0.4, 0.5) is 0 Å². The van der Waals surface area contributed by atoms with Crippen molar-refractivity contribution in [1.82, 2.24) is 0 Å². The van der Waals surface area contributed by atoms with E-state index in [0.717, 1.165) is 44.2 Å². The maximum absolute atomic E-state index is 10.7. The molecule has 74 valence electrons. The fourth-order valence-corrected chi connectivity index (χ4v) is 2.18. The molecule has 0 amide bonds. The van der Waals surface area contributed by atoms with Crippen LogP contribution in [0.25, 0.3) is 0 Å². The van der Waals surface area contributed by atoms with Gasteiger partial charge in [-0.3, -0.25) is 0 Å². The lowest BCUT2D eigenvalue weighted by atomic mass is 9.71. The second-order valence-electron chi connectivity index (χ2n) is 4.20. The summed E-state index contributed by atoms with van der Waals surface area (Å²) in [6, 6.07) is 0.